The van der Waals surface area contributed by atoms with Gasteiger partial charge >= 0.3 is 0 Å². The van der Waals surface area contributed by atoms with Crippen LogP contribution in [0.3, 0.4) is 0 Å². The van der Waals surface area contributed by atoms with Crippen molar-refractivity contribution in [1.29, 1.82) is 0 Å². The van der Waals surface area contributed by atoms with Crippen molar-refractivity contribution in [3.63, 3.8) is 0 Å². The number of nitrogens with two attached hydrogens (primary N) is 1. The topological polar surface area (TPSA) is 55.6 Å². The predicted molar refractivity (Wildman–Crippen MR) is 78.4 cm³/mol. The number of hydrogen-bond acceptors (Lipinski definition) is 3. The number of amides is 1. The van der Waals surface area contributed by atoms with Crippen LogP contribution in [-0.2, 0) is 4.74 Å². The van der Waals surface area contributed by atoms with Gasteiger partial charge in [-0.15, -0.1) is 0 Å². The molecule has 1 aromatic rings. The van der Waals surface area contributed by atoms with Gasteiger partial charge in [0.1, 0.15) is 0 Å². The van der Waals surface area contributed by atoms with Gasteiger partial charge in [-0.25, -0.2) is 0 Å². The van der Waals surface area contributed by atoms with Crippen LogP contribution in [0, 0.1) is 18.8 Å². The van der Waals surface area contributed by atoms with Gasteiger partial charge in [0.2, 0.25) is 0 Å². The van der Waals surface area contributed by atoms with Crippen LogP contribution in [0.2, 0.25) is 0 Å². The summed E-state index contributed by atoms with van der Waals surface area (Å²) in [5.41, 5.74) is 7.89. The molecule has 106 valence electrons. The highest BCUT2D eigenvalue weighted by atomic mass is 16.5. The summed E-state index contributed by atoms with van der Waals surface area (Å²) in [6, 6.07) is 5.63. The molecule has 20 heavy (non-hydrogen) atoms. The Morgan fingerprint density at radius 2 is 2.35 bits per heavy atom. The van der Waals surface area contributed by atoms with Crippen LogP contribution in [0.25, 0.3) is 0 Å². The van der Waals surface area contributed by atoms with Gasteiger partial charge in [0.25, 0.3) is 5.91 Å². The Morgan fingerprint density at radius 3 is 3.00 bits per heavy atom. The van der Waals surface area contributed by atoms with Crippen LogP contribution in [0.4, 0.5) is 0 Å². The lowest BCUT2D eigenvalue weighted by molar-refractivity contribution is 0.0723. The maximum atomic E-state index is 12.6. The van der Waals surface area contributed by atoms with E-state index >= 15 is 0 Å². The Balaban J connectivity index is 2.22. The maximum absolute atomic E-state index is 12.6. The molecule has 0 spiro atoms. The molecular formula is C16H20N2O2. The second kappa shape index (κ2) is 6.56. The Kier molecular flexibility index (Phi) is 4.78. The Hall–Kier alpha value is -1.83. The van der Waals surface area contributed by atoms with Crippen LogP contribution in [0.1, 0.15) is 27.9 Å². The predicted octanol–water partition coefficient (Wildman–Crippen LogP) is 1.17. The molecule has 2 rings (SSSR count). The van der Waals surface area contributed by atoms with Crippen LogP contribution in [-0.4, -0.2) is 43.7 Å². The van der Waals surface area contributed by atoms with Crippen molar-refractivity contribution in [1.82, 2.24) is 4.90 Å². The molecule has 1 aliphatic rings. The number of methoxy groups -OCH3 is 1. The highest BCUT2D eigenvalue weighted by Gasteiger charge is 2.27. The fraction of sp³-hybridized carbons (Fsp3) is 0.438. The molecule has 1 heterocycles. The molecule has 1 amide bonds. The highest BCUT2D eigenvalue weighted by molar-refractivity contribution is 5.96. The molecular weight excluding hydrogens is 252 g/mol. The molecule has 1 fully saturated rings. The first-order valence-corrected chi connectivity index (χ1v) is 6.78. The minimum absolute atomic E-state index is 0.0541. The Labute approximate surface area is 119 Å². The van der Waals surface area contributed by atoms with E-state index < -0.39 is 0 Å². The molecule has 0 bridgehead atoms. The normalized spacial score (nSPS) is 17.8. The SMILES string of the molecule is COC1CCN(C(=O)c2cccc(C#CCN)c2C)C1. The summed E-state index contributed by atoms with van der Waals surface area (Å²) < 4.78 is 5.30. The standard InChI is InChI=1S/C16H20N2O2/c1-12-13(6-4-9-17)5-3-7-15(12)16(19)18-10-8-14(11-18)20-2/h3,5,7,14H,8-11,17H2,1-2H3. The average Bonchev–Trinajstić information content (AvgIpc) is 2.94. The lowest BCUT2D eigenvalue weighted by Crippen LogP contribution is -2.30. The number of carbonyl (C=O) groups is 1. The lowest BCUT2D eigenvalue weighted by atomic mass is 10.0. The van der Waals surface area contributed by atoms with E-state index in [1.165, 1.54) is 0 Å². The average molecular weight is 272 g/mol. The van der Waals surface area contributed by atoms with Gasteiger partial charge in [-0.05, 0) is 31.0 Å². The first-order valence-electron chi connectivity index (χ1n) is 6.78. The summed E-state index contributed by atoms with van der Waals surface area (Å²) in [5.74, 6) is 5.89. The van der Waals surface area contributed by atoms with Crippen molar-refractivity contribution in [2.24, 2.45) is 5.73 Å². The molecule has 0 saturated carbocycles. The number of hydrogen-bond donors (Lipinski definition) is 1. The summed E-state index contributed by atoms with van der Waals surface area (Å²) in [4.78, 5) is 14.4. The molecule has 0 aromatic heterocycles. The zero-order chi connectivity index (χ0) is 14.5. The van der Waals surface area contributed by atoms with Crippen molar-refractivity contribution >= 4 is 5.91 Å². The molecule has 4 nitrogen and oxygen atoms in total. The lowest BCUT2D eigenvalue weighted by Gasteiger charge is -2.18. The first kappa shape index (κ1) is 14.6. The van der Waals surface area contributed by atoms with E-state index in [9.17, 15) is 4.79 Å². The maximum Gasteiger partial charge on any atom is 0.254 e. The summed E-state index contributed by atoms with van der Waals surface area (Å²) in [7, 11) is 1.69. The highest BCUT2D eigenvalue weighted by Crippen LogP contribution is 2.19. The second-order valence-corrected chi connectivity index (χ2v) is 4.88. The minimum atomic E-state index is 0.0541. The fourth-order valence-corrected chi connectivity index (χ4v) is 2.42. The van der Waals surface area contributed by atoms with Crippen LogP contribution >= 0.6 is 0 Å². The van der Waals surface area contributed by atoms with Gasteiger partial charge in [0.15, 0.2) is 0 Å². The van der Waals surface area contributed by atoms with E-state index in [-0.39, 0.29) is 12.0 Å². The zero-order valence-corrected chi connectivity index (χ0v) is 12.0. The summed E-state index contributed by atoms with van der Waals surface area (Å²) in [5, 5.41) is 0. The van der Waals surface area contributed by atoms with Gasteiger partial charge in [0.05, 0.1) is 12.6 Å². The van der Waals surface area contributed by atoms with Crippen molar-refractivity contribution < 1.29 is 9.53 Å². The van der Waals surface area contributed by atoms with Crippen molar-refractivity contribution in [2.75, 3.05) is 26.7 Å². The van der Waals surface area contributed by atoms with E-state index in [1.54, 1.807) is 7.11 Å². The summed E-state index contributed by atoms with van der Waals surface area (Å²) >= 11 is 0. The van der Waals surface area contributed by atoms with Gasteiger partial charge in [-0.3, -0.25) is 4.79 Å². The Bertz CT molecular complexity index is 557. The molecule has 1 atom stereocenters. The summed E-state index contributed by atoms with van der Waals surface area (Å²) in [6.07, 6.45) is 1.05. The number of likely N-dealkylation sites (tertiary alicyclic amines) is 1. The van der Waals surface area contributed by atoms with Crippen LogP contribution in [0.15, 0.2) is 18.2 Å². The van der Waals surface area contributed by atoms with Crippen molar-refractivity contribution in [3.05, 3.63) is 34.9 Å². The molecule has 1 saturated heterocycles. The van der Waals surface area contributed by atoms with E-state index in [0.29, 0.717) is 18.7 Å². The van der Waals surface area contributed by atoms with Crippen molar-refractivity contribution in [2.45, 2.75) is 19.4 Å². The molecule has 0 aliphatic carbocycles. The van der Waals surface area contributed by atoms with Gasteiger partial charge in [0, 0.05) is 31.3 Å². The number of benzene rings is 1. The number of nitrogens with zero attached hydrogens (tertiary/aromatic N) is 1. The number of carbonyl (C=O) groups excluding carboxylic acids is 1. The van der Waals surface area contributed by atoms with E-state index in [0.717, 1.165) is 24.1 Å². The zero-order valence-electron chi connectivity index (χ0n) is 12.0. The quantitative estimate of drug-likeness (QED) is 0.822. The van der Waals surface area contributed by atoms with Crippen LogP contribution < -0.4 is 5.73 Å². The van der Waals surface area contributed by atoms with E-state index in [4.69, 9.17) is 10.5 Å². The number of rotatable bonds is 2. The van der Waals surface area contributed by atoms with E-state index in [1.807, 2.05) is 30.0 Å². The van der Waals surface area contributed by atoms with Crippen molar-refractivity contribution in [3.8, 4) is 11.8 Å². The minimum Gasteiger partial charge on any atom is -0.380 e. The van der Waals surface area contributed by atoms with Gasteiger partial charge < -0.3 is 15.4 Å². The first-order chi connectivity index (χ1) is 9.67. The molecule has 1 aromatic carbocycles. The van der Waals surface area contributed by atoms with E-state index in [2.05, 4.69) is 11.8 Å². The fourth-order valence-electron chi connectivity index (χ4n) is 2.42. The third-order valence-corrected chi connectivity index (χ3v) is 3.65. The third kappa shape index (κ3) is 3.01. The molecule has 2 N–H and O–H groups in total. The smallest absolute Gasteiger partial charge is 0.254 e. The monoisotopic (exact) mass is 272 g/mol. The molecule has 4 heteroatoms. The summed E-state index contributed by atoms with van der Waals surface area (Å²) in [6.45, 7) is 3.65. The van der Waals surface area contributed by atoms with Gasteiger partial charge in [-0.2, -0.15) is 0 Å². The van der Waals surface area contributed by atoms with Gasteiger partial charge in [-0.1, -0.05) is 17.9 Å². The largest absolute Gasteiger partial charge is 0.380 e. The second-order valence-electron chi connectivity index (χ2n) is 4.88. The third-order valence-electron chi connectivity index (χ3n) is 3.65. The molecule has 1 unspecified atom stereocenters. The number of ether oxygens (including phenoxy) is 1. The Morgan fingerprint density at radius 1 is 1.55 bits per heavy atom. The van der Waals surface area contributed by atoms with Crippen LogP contribution in [0.5, 0.6) is 0 Å². The molecule has 0 radical (unpaired) electrons. The molecule has 1 aliphatic heterocycles.